The molecule has 0 aromatic rings. The molecule has 2 atom stereocenters. The first kappa shape index (κ1) is 10.4. The maximum absolute atomic E-state index is 4.41. The van der Waals surface area contributed by atoms with Crippen molar-refractivity contribution in [3.05, 3.63) is 0 Å². The molecule has 2 saturated heterocycles. The number of nitrogens with zero attached hydrogens (tertiary/aromatic N) is 4. The van der Waals surface area contributed by atoms with Crippen molar-refractivity contribution in [2.45, 2.75) is 38.5 Å². The maximum atomic E-state index is 4.41. The van der Waals surface area contributed by atoms with Crippen LogP contribution in [0.2, 0.25) is 0 Å². The molecule has 0 N–H and O–H groups in total. The van der Waals surface area contributed by atoms with Gasteiger partial charge in [0.05, 0.1) is 0 Å². The van der Waals surface area contributed by atoms with E-state index in [4.69, 9.17) is 0 Å². The van der Waals surface area contributed by atoms with Gasteiger partial charge in [0.25, 0.3) is 0 Å². The molecule has 1 aliphatic carbocycles. The molecule has 0 bridgehead atoms. The Morgan fingerprint density at radius 1 is 0.688 bits per heavy atom. The van der Waals surface area contributed by atoms with Crippen molar-refractivity contribution in [2.24, 2.45) is 22.3 Å². The monoisotopic (exact) mass is 222 g/mol. The number of rotatable bonds is 2. The highest BCUT2D eigenvalue weighted by molar-refractivity contribution is 4.84. The highest BCUT2D eigenvalue weighted by atomic mass is 15.7. The van der Waals surface area contributed by atoms with Crippen molar-refractivity contribution in [1.29, 1.82) is 0 Å². The van der Waals surface area contributed by atoms with Gasteiger partial charge in [-0.25, -0.2) is 0 Å². The fraction of sp³-hybridized carbons (Fsp3) is 1.00. The van der Waals surface area contributed by atoms with E-state index in [2.05, 4.69) is 20.5 Å². The lowest BCUT2D eigenvalue weighted by Gasteiger charge is -2.22. The molecule has 16 heavy (non-hydrogen) atoms. The molecule has 2 unspecified atom stereocenters. The highest BCUT2D eigenvalue weighted by Crippen LogP contribution is 2.36. The summed E-state index contributed by atoms with van der Waals surface area (Å²) in [6.45, 7) is 4.51. The van der Waals surface area contributed by atoms with Crippen molar-refractivity contribution < 1.29 is 0 Å². The van der Waals surface area contributed by atoms with Crippen LogP contribution >= 0.6 is 0 Å². The van der Waals surface area contributed by atoms with Crippen molar-refractivity contribution in [1.82, 2.24) is 10.0 Å². The van der Waals surface area contributed by atoms with Crippen LogP contribution in [0.15, 0.2) is 10.4 Å². The third kappa shape index (κ3) is 2.15. The van der Waals surface area contributed by atoms with Gasteiger partial charge in [-0.2, -0.15) is 0 Å². The normalized spacial score (nSPS) is 35.0. The minimum absolute atomic E-state index is 0.909. The zero-order valence-electron chi connectivity index (χ0n) is 10.0. The Kier molecular flexibility index (Phi) is 2.98. The SMILES string of the molecule is C1CCC2CN(N=NN3CCCC3)CC2C1. The largest absolute Gasteiger partial charge is 0.277 e. The van der Waals surface area contributed by atoms with Crippen molar-refractivity contribution in [3.63, 3.8) is 0 Å². The van der Waals surface area contributed by atoms with Gasteiger partial charge in [-0.15, -0.1) is 0 Å². The van der Waals surface area contributed by atoms with Crippen LogP contribution in [0.25, 0.3) is 0 Å². The topological polar surface area (TPSA) is 31.2 Å². The van der Waals surface area contributed by atoms with Crippen LogP contribution in [-0.4, -0.2) is 36.2 Å². The highest BCUT2D eigenvalue weighted by Gasteiger charge is 2.34. The van der Waals surface area contributed by atoms with Gasteiger partial charge in [-0.3, -0.25) is 10.0 Å². The third-order valence-electron chi connectivity index (χ3n) is 4.33. The van der Waals surface area contributed by atoms with Crippen LogP contribution in [0.5, 0.6) is 0 Å². The van der Waals surface area contributed by atoms with Crippen LogP contribution in [0.1, 0.15) is 38.5 Å². The second-order valence-electron chi connectivity index (χ2n) is 5.52. The summed E-state index contributed by atoms with van der Waals surface area (Å²) in [5.41, 5.74) is 0. The standard InChI is InChI=1S/C12H22N4/c1-2-6-12-10-16(9-11(12)5-1)14-13-15-7-3-4-8-15/h11-12H,1-10H2. The Morgan fingerprint density at radius 2 is 1.25 bits per heavy atom. The van der Waals surface area contributed by atoms with Gasteiger partial charge in [0, 0.05) is 26.2 Å². The third-order valence-corrected chi connectivity index (χ3v) is 4.33. The summed E-state index contributed by atoms with van der Waals surface area (Å²) >= 11 is 0. The van der Waals surface area contributed by atoms with E-state index in [0.29, 0.717) is 0 Å². The van der Waals surface area contributed by atoms with Crippen LogP contribution in [0, 0.1) is 11.8 Å². The smallest absolute Gasteiger partial charge is 0.0409 e. The molecule has 4 nitrogen and oxygen atoms in total. The molecular weight excluding hydrogens is 200 g/mol. The minimum atomic E-state index is 0.909. The molecule has 90 valence electrons. The first-order valence-corrected chi connectivity index (χ1v) is 6.83. The van der Waals surface area contributed by atoms with E-state index >= 15 is 0 Å². The van der Waals surface area contributed by atoms with Crippen LogP contribution in [0.3, 0.4) is 0 Å². The van der Waals surface area contributed by atoms with E-state index in [-0.39, 0.29) is 0 Å². The lowest BCUT2D eigenvalue weighted by atomic mass is 9.82. The Balaban J connectivity index is 1.52. The number of hydrogen-bond acceptors (Lipinski definition) is 2. The molecular formula is C12H22N4. The van der Waals surface area contributed by atoms with E-state index in [1.165, 1.54) is 38.5 Å². The molecule has 3 rings (SSSR count). The Labute approximate surface area is 97.6 Å². The molecule has 3 aliphatic rings. The molecule has 2 aliphatic heterocycles. The summed E-state index contributed by atoms with van der Waals surface area (Å²) in [6, 6.07) is 0. The van der Waals surface area contributed by atoms with Gasteiger partial charge >= 0.3 is 0 Å². The summed E-state index contributed by atoms with van der Waals surface area (Å²) < 4.78 is 0. The number of hydrogen-bond donors (Lipinski definition) is 0. The van der Waals surface area contributed by atoms with E-state index in [1.54, 1.807) is 0 Å². The van der Waals surface area contributed by atoms with Gasteiger partial charge in [0.1, 0.15) is 0 Å². The molecule has 2 heterocycles. The second-order valence-corrected chi connectivity index (χ2v) is 5.52. The summed E-state index contributed by atoms with van der Waals surface area (Å²) in [5, 5.41) is 13.1. The minimum Gasteiger partial charge on any atom is -0.277 e. The van der Waals surface area contributed by atoms with Gasteiger partial charge in [-0.05, 0) is 37.5 Å². The van der Waals surface area contributed by atoms with E-state index in [9.17, 15) is 0 Å². The first-order valence-electron chi connectivity index (χ1n) is 6.83. The van der Waals surface area contributed by atoms with Gasteiger partial charge in [0.15, 0.2) is 0 Å². The van der Waals surface area contributed by atoms with Gasteiger partial charge in [-0.1, -0.05) is 23.3 Å². The molecule has 0 aromatic carbocycles. The molecule has 0 radical (unpaired) electrons. The molecule has 4 heteroatoms. The quantitative estimate of drug-likeness (QED) is 0.672. The zero-order chi connectivity index (χ0) is 10.8. The predicted octanol–water partition coefficient (Wildman–Crippen LogP) is 2.49. The lowest BCUT2D eigenvalue weighted by molar-refractivity contribution is 0.242. The molecule has 0 amide bonds. The van der Waals surface area contributed by atoms with Crippen molar-refractivity contribution in [2.75, 3.05) is 26.2 Å². The summed E-state index contributed by atoms with van der Waals surface area (Å²) in [4.78, 5) is 0. The van der Waals surface area contributed by atoms with Crippen molar-refractivity contribution >= 4 is 0 Å². The average molecular weight is 222 g/mol. The first-order chi connectivity index (χ1) is 7.92. The number of fused-ring (bicyclic) bond motifs is 1. The van der Waals surface area contributed by atoms with Crippen molar-refractivity contribution in [3.8, 4) is 0 Å². The predicted molar refractivity (Wildman–Crippen MR) is 62.7 cm³/mol. The maximum Gasteiger partial charge on any atom is 0.0409 e. The summed E-state index contributed by atoms with van der Waals surface area (Å²) in [5.74, 6) is 1.82. The summed E-state index contributed by atoms with van der Waals surface area (Å²) in [7, 11) is 0. The van der Waals surface area contributed by atoms with E-state index in [1.807, 2.05) is 0 Å². The Morgan fingerprint density at radius 3 is 1.88 bits per heavy atom. The van der Waals surface area contributed by atoms with Gasteiger partial charge in [0.2, 0.25) is 0 Å². The fourth-order valence-corrected chi connectivity index (χ4v) is 3.36. The van der Waals surface area contributed by atoms with E-state index < -0.39 is 0 Å². The van der Waals surface area contributed by atoms with E-state index in [0.717, 1.165) is 38.0 Å². The van der Waals surface area contributed by atoms with Crippen LogP contribution < -0.4 is 0 Å². The Hall–Kier alpha value is -0.800. The average Bonchev–Trinajstić information content (AvgIpc) is 2.95. The van der Waals surface area contributed by atoms with Crippen LogP contribution in [-0.2, 0) is 0 Å². The molecule has 0 aromatic heterocycles. The Bertz CT molecular complexity index is 246. The second kappa shape index (κ2) is 4.60. The van der Waals surface area contributed by atoms with Gasteiger partial charge < -0.3 is 0 Å². The summed E-state index contributed by atoms with van der Waals surface area (Å²) in [6.07, 6.45) is 8.26. The molecule has 0 spiro atoms. The molecule has 1 saturated carbocycles. The zero-order valence-corrected chi connectivity index (χ0v) is 10.0. The molecule has 3 fully saturated rings. The fourth-order valence-electron chi connectivity index (χ4n) is 3.36. The van der Waals surface area contributed by atoms with Crippen LogP contribution in [0.4, 0.5) is 0 Å². The lowest BCUT2D eigenvalue weighted by Crippen LogP contribution is -2.16.